The molecule has 2 fully saturated rings. The lowest BCUT2D eigenvalue weighted by Gasteiger charge is -2.28. The Morgan fingerprint density at radius 1 is 1.15 bits per heavy atom. The number of carbonyl (C=O) groups excluding carboxylic acids is 4. The SMILES string of the molecule is COc1cc(/C=C2\SC(=O)N(CC(=O)N3CCOCC3)C2=O)cc(Br)c1OS(=O)(=O)c1ccc(NC(C)=O)cc1. The van der Waals surface area contributed by atoms with Gasteiger partial charge >= 0.3 is 10.1 Å². The van der Waals surface area contributed by atoms with E-state index in [9.17, 15) is 27.6 Å². The van der Waals surface area contributed by atoms with Crippen molar-refractivity contribution in [1.29, 1.82) is 0 Å². The summed E-state index contributed by atoms with van der Waals surface area (Å²) in [6.45, 7) is 2.55. The predicted molar refractivity (Wildman–Crippen MR) is 149 cm³/mol. The van der Waals surface area contributed by atoms with Gasteiger partial charge in [-0.1, -0.05) is 0 Å². The van der Waals surface area contributed by atoms with Crippen LogP contribution in [0.1, 0.15) is 12.5 Å². The van der Waals surface area contributed by atoms with Gasteiger partial charge in [0.2, 0.25) is 11.8 Å². The van der Waals surface area contributed by atoms with Crippen molar-refractivity contribution in [3.8, 4) is 11.5 Å². The van der Waals surface area contributed by atoms with E-state index in [4.69, 9.17) is 13.7 Å². The number of carbonyl (C=O) groups is 4. The molecule has 0 atom stereocenters. The second-order valence-electron chi connectivity index (χ2n) is 8.54. The fourth-order valence-electron chi connectivity index (χ4n) is 3.81. The number of ether oxygens (including phenoxy) is 2. The molecule has 0 saturated carbocycles. The summed E-state index contributed by atoms with van der Waals surface area (Å²) in [6, 6.07) is 8.37. The van der Waals surface area contributed by atoms with Crippen LogP contribution in [0.25, 0.3) is 6.08 Å². The Bertz CT molecular complexity index is 1490. The van der Waals surface area contributed by atoms with Crippen LogP contribution >= 0.6 is 27.7 Å². The Labute approximate surface area is 242 Å². The van der Waals surface area contributed by atoms with E-state index in [2.05, 4.69) is 21.2 Å². The van der Waals surface area contributed by atoms with E-state index in [1.54, 1.807) is 4.90 Å². The van der Waals surface area contributed by atoms with Crippen molar-refractivity contribution in [2.75, 3.05) is 45.3 Å². The molecular formula is C25H24BrN3O9S2. The molecular weight excluding hydrogens is 630 g/mol. The summed E-state index contributed by atoms with van der Waals surface area (Å²) in [5.41, 5.74) is 0.836. The van der Waals surface area contributed by atoms with E-state index in [1.807, 2.05) is 0 Å². The molecule has 40 heavy (non-hydrogen) atoms. The van der Waals surface area contributed by atoms with Crippen molar-refractivity contribution in [3.05, 3.63) is 51.3 Å². The first-order chi connectivity index (χ1) is 19.0. The van der Waals surface area contributed by atoms with Crippen LogP contribution in [0, 0.1) is 0 Å². The van der Waals surface area contributed by atoms with Crippen molar-refractivity contribution in [2.24, 2.45) is 0 Å². The van der Waals surface area contributed by atoms with Gasteiger partial charge in [-0.2, -0.15) is 8.42 Å². The molecule has 2 aromatic rings. The molecule has 2 aromatic carbocycles. The Hall–Kier alpha value is -3.40. The van der Waals surface area contributed by atoms with Gasteiger partial charge in [0.25, 0.3) is 11.1 Å². The maximum absolute atomic E-state index is 12.9. The molecule has 0 aliphatic carbocycles. The van der Waals surface area contributed by atoms with Gasteiger partial charge in [0, 0.05) is 25.7 Å². The number of anilines is 1. The van der Waals surface area contributed by atoms with E-state index < -0.39 is 21.3 Å². The summed E-state index contributed by atoms with van der Waals surface area (Å²) < 4.78 is 41.9. The number of imide groups is 1. The lowest BCUT2D eigenvalue weighted by Crippen LogP contribution is -2.46. The summed E-state index contributed by atoms with van der Waals surface area (Å²) in [4.78, 5) is 51.5. The molecule has 0 aromatic heterocycles. The molecule has 2 aliphatic rings. The fraction of sp³-hybridized carbons (Fsp3) is 0.280. The summed E-state index contributed by atoms with van der Waals surface area (Å²) >= 11 is 3.99. The first-order valence-corrected chi connectivity index (χ1v) is 14.8. The third kappa shape index (κ3) is 6.83. The number of thioether (sulfide) groups is 1. The normalized spacial score (nSPS) is 16.8. The summed E-state index contributed by atoms with van der Waals surface area (Å²) in [7, 11) is -2.97. The number of nitrogens with one attached hydrogen (secondary N) is 1. The first-order valence-electron chi connectivity index (χ1n) is 11.8. The molecule has 0 bridgehead atoms. The Morgan fingerprint density at radius 3 is 2.45 bits per heavy atom. The van der Waals surface area contributed by atoms with E-state index in [0.717, 1.165) is 4.90 Å². The van der Waals surface area contributed by atoms with Crippen LogP contribution in [0.15, 0.2) is 50.7 Å². The van der Waals surface area contributed by atoms with Crippen LogP contribution in [0.5, 0.6) is 11.5 Å². The third-order valence-electron chi connectivity index (χ3n) is 5.74. The molecule has 2 aliphatic heterocycles. The number of methoxy groups -OCH3 is 1. The Balaban J connectivity index is 1.52. The van der Waals surface area contributed by atoms with Gasteiger partial charge in [0.15, 0.2) is 11.5 Å². The molecule has 1 N–H and O–H groups in total. The second kappa shape index (κ2) is 12.4. The number of morpholine rings is 1. The predicted octanol–water partition coefficient (Wildman–Crippen LogP) is 3.08. The van der Waals surface area contributed by atoms with Crippen LogP contribution in [-0.4, -0.2) is 81.1 Å². The first kappa shape index (κ1) is 29.6. The summed E-state index contributed by atoms with van der Waals surface area (Å²) in [5.74, 6) is -1.34. The van der Waals surface area contributed by atoms with Crippen LogP contribution in [-0.2, 0) is 29.2 Å². The zero-order valence-corrected chi connectivity index (χ0v) is 24.6. The highest BCUT2D eigenvalue weighted by atomic mass is 79.9. The van der Waals surface area contributed by atoms with E-state index in [1.165, 1.54) is 56.5 Å². The highest BCUT2D eigenvalue weighted by molar-refractivity contribution is 9.10. The monoisotopic (exact) mass is 653 g/mol. The van der Waals surface area contributed by atoms with Crippen molar-refractivity contribution in [1.82, 2.24) is 9.80 Å². The van der Waals surface area contributed by atoms with Crippen LogP contribution in [0.4, 0.5) is 10.5 Å². The number of rotatable bonds is 8. The quantitative estimate of drug-likeness (QED) is 0.333. The molecule has 15 heteroatoms. The summed E-state index contributed by atoms with van der Waals surface area (Å²) in [6.07, 6.45) is 1.44. The van der Waals surface area contributed by atoms with Gasteiger partial charge in [0.1, 0.15) is 11.4 Å². The van der Waals surface area contributed by atoms with Gasteiger partial charge < -0.3 is 23.9 Å². The van der Waals surface area contributed by atoms with Gasteiger partial charge in [-0.05, 0) is 75.7 Å². The molecule has 0 unspecified atom stereocenters. The van der Waals surface area contributed by atoms with Gasteiger partial charge in [-0.25, -0.2) is 0 Å². The number of nitrogens with zero attached hydrogens (tertiary/aromatic N) is 2. The fourth-order valence-corrected chi connectivity index (χ4v) is 6.25. The molecule has 12 nitrogen and oxygen atoms in total. The highest BCUT2D eigenvalue weighted by Gasteiger charge is 2.37. The Kier molecular flexibility index (Phi) is 9.18. The maximum atomic E-state index is 12.9. The zero-order valence-electron chi connectivity index (χ0n) is 21.3. The van der Waals surface area contributed by atoms with Crippen LogP contribution in [0.2, 0.25) is 0 Å². The number of benzene rings is 2. The zero-order chi connectivity index (χ0) is 29.0. The minimum atomic E-state index is -4.28. The van der Waals surface area contributed by atoms with E-state index >= 15 is 0 Å². The topological polar surface area (TPSA) is 149 Å². The lowest BCUT2D eigenvalue weighted by atomic mass is 10.2. The highest BCUT2D eigenvalue weighted by Crippen LogP contribution is 2.40. The minimum absolute atomic E-state index is 0.0424. The minimum Gasteiger partial charge on any atom is -0.493 e. The van der Waals surface area contributed by atoms with Crippen molar-refractivity contribution >= 4 is 72.5 Å². The maximum Gasteiger partial charge on any atom is 0.339 e. The molecule has 2 saturated heterocycles. The lowest BCUT2D eigenvalue weighted by molar-refractivity contribution is -0.139. The van der Waals surface area contributed by atoms with Crippen molar-refractivity contribution < 1.29 is 41.3 Å². The largest absolute Gasteiger partial charge is 0.493 e. The molecule has 212 valence electrons. The van der Waals surface area contributed by atoms with E-state index in [0.29, 0.717) is 49.3 Å². The smallest absolute Gasteiger partial charge is 0.339 e. The standard InChI is InChI=1S/C25H24BrN3O9S2/c1-15(30)27-17-3-5-18(6-4-17)40(34,35)38-23-19(26)11-16(12-20(23)36-2)13-21-24(32)29(25(33)39-21)14-22(31)28-7-9-37-10-8-28/h3-6,11-13H,7-10,14H2,1-2H3,(H,27,30)/b21-13-. The second-order valence-corrected chi connectivity index (χ2v) is 11.9. The number of amides is 4. The number of hydrogen-bond donors (Lipinski definition) is 1. The molecule has 4 rings (SSSR count). The Morgan fingerprint density at radius 2 is 1.82 bits per heavy atom. The van der Waals surface area contributed by atoms with Gasteiger partial charge in [-0.3, -0.25) is 24.1 Å². The third-order valence-corrected chi connectivity index (χ3v) is 8.47. The average Bonchev–Trinajstić information content (AvgIpc) is 3.17. The van der Waals surface area contributed by atoms with Crippen LogP contribution in [0.3, 0.4) is 0 Å². The van der Waals surface area contributed by atoms with Crippen molar-refractivity contribution in [3.63, 3.8) is 0 Å². The van der Waals surface area contributed by atoms with E-state index in [-0.39, 0.29) is 44.1 Å². The van der Waals surface area contributed by atoms with Crippen molar-refractivity contribution in [2.45, 2.75) is 11.8 Å². The molecule has 0 radical (unpaired) electrons. The molecule has 4 amide bonds. The average molecular weight is 655 g/mol. The number of halogens is 1. The number of hydrogen-bond acceptors (Lipinski definition) is 10. The molecule has 0 spiro atoms. The van der Waals surface area contributed by atoms with Gasteiger partial charge in [0.05, 0.1) is 29.7 Å². The van der Waals surface area contributed by atoms with Gasteiger partial charge in [-0.15, -0.1) is 0 Å². The summed E-state index contributed by atoms with van der Waals surface area (Å²) in [5, 5.41) is 1.98. The molecule has 2 heterocycles. The van der Waals surface area contributed by atoms with Crippen LogP contribution < -0.4 is 14.2 Å².